The van der Waals surface area contributed by atoms with Crippen LogP contribution in [0.2, 0.25) is 5.02 Å². The minimum atomic E-state index is 0.168. The molecular weight excluding hydrogens is 374 g/mol. The zero-order chi connectivity index (χ0) is 17.8. The standard InChI is InChI=1S/C18H18ClN3O3S/c19-14-5-3-13(4-6-14)17-20-21-18(22(17)10-15-2-1-8-24-15)26-11-16-7-9-23-12-25-16/h1-6,8,16H,7,9-12H2/t16-/m0/s1. The Balaban J connectivity index is 1.59. The molecule has 3 aromatic rings. The van der Waals surface area contributed by atoms with Crippen LogP contribution in [-0.2, 0) is 16.0 Å². The number of furan rings is 1. The lowest BCUT2D eigenvalue weighted by Gasteiger charge is -2.22. The normalized spacial score (nSPS) is 17.5. The highest BCUT2D eigenvalue weighted by atomic mass is 35.5. The minimum absolute atomic E-state index is 0.168. The minimum Gasteiger partial charge on any atom is -0.467 e. The van der Waals surface area contributed by atoms with Crippen LogP contribution in [0.15, 0.2) is 52.2 Å². The molecule has 1 fully saturated rings. The Labute approximate surface area is 160 Å². The fourth-order valence-electron chi connectivity index (χ4n) is 2.71. The van der Waals surface area contributed by atoms with Gasteiger partial charge in [0, 0.05) is 16.3 Å². The van der Waals surface area contributed by atoms with Crippen LogP contribution < -0.4 is 0 Å². The highest BCUT2D eigenvalue weighted by Gasteiger charge is 2.19. The van der Waals surface area contributed by atoms with Gasteiger partial charge in [0.25, 0.3) is 0 Å². The first-order valence-electron chi connectivity index (χ1n) is 8.33. The SMILES string of the molecule is Clc1ccc(-c2nnc(SC[C@@H]3CCOCO3)n2Cc2ccco2)cc1. The van der Waals surface area contributed by atoms with E-state index >= 15 is 0 Å². The van der Waals surface area contributed by atoms with E-state index in [9.17, 15) is 0 Å². The maximum absolute atomic E-state index is 6.01. The molecule has 1 aliphatic rings. The van der Waals surface area contributed by atoms with Gasteiger partial charge in [-0.15, -0.1) is 10.2 Å². The monoisotopic (exact) mass is 391 g/mol. The van der Waals surface area contributed by atoms with E-state index in [2.05, 4.69) is 14.8 Å². The predicted octanol–water partition coefficient (Wildman–Crippen LogP) is 4.09. The van der Waals surface area contributed by atoms with Crippen molar-refractivity contribution in [2.45, 2.75) is 24.2 Å². The maximum Gasteiger partial charge on any atom is 0.192 e. The molecule has 1 aromatic carbocycles. The molecule has 2 aromatic heterocycles. The third kappa shape index (κ3) is 4.12. The quantitative estimate of drug-likeness (QED) is 0.589. The van der Waals surface area contributed by atoms with Crippen LogP contribution in [0.5, 0.6) is 0 Å². The molecule has 136 valence electrons. The molecule has 0 N–H and O–H groups in total. The van der Waals surface area contributed by atoms with Crippen molar-refractivity contribution in [1.82, 2.24) is 14.8 Å². The lowest BCUT2D eigenvalue weighted by molar-refractivity contribution is -0.130. The number of nitrogens with zero attached hydrogens (tertiary/aromatic N) is 3. The number of hydrogen-bond donors (Lipinski definition) is 0. The molecule has 8 heteroatoms. The van der Waals surface area contributed by atoms with E-state index < -0.39 is 0 Å². The van der Waals surface area contributed by atoms with E-state index in [1.807, 2.05) is 36.4 Å². The van der Waals surface area contributed by atoms with Crippen molar-refractivity contribution in [2.75, 3.05) is 19.2 Å². The summed E-state index contributed by atoms with van der Waals surface area (Å²) in [5.41, 5.74) is 0.961. The molecule has 1 aliphatic heterocycles. The van der Waals surface area contributed by atoms with Crippen LogP contribution in [0, 0.1) is 0 Å². The first-order valence-corrected chi connectivity index (χ1v) is 9.69. The zero-order valence-electron chi connectivity index (χ0n) is 14.0. The van der Waals surface area contributed by atoms with Gasteiger partial charge in [0.15, 0.2) is 11.0 Å². The second-order valence-electron chi connectivity index (χ2n) is 5.89. The van der Waals surface area contributed by atoms with Crippen molar-refractivity contribution in [3.05, 3.63) is 53.4 Å². The van der Waals surface area contributed by atoms with Crippen molar-refractivity contribution in [3.63, 3.8) is 0 Å². The van der Waals surface area contributed by atoms with Gasteiger partial charge in [0.1, 0.15) is 12.6 Å². The first-order chi connectivity index (χ1) is 12.8. The molecule has 1 atom stereocenters. The molecule has 0 bridgehead atoms. The summed E-state index contributed by atoms with van der Waals surface area (Å²) in [6, 6.07) is 11.4. The number of ether oxygens (including phenoxy) is 2. The van der Waals surface area contributed by atoms with E-state index in [1.165, 1.54) is 0 Å². The fourth-order valence-corrected chi connectivity index (χ4v) is 3.84. The lowest BCUT2D eigenvalue weighted by atomic mass is 10.2. The summed E-state index contributed by atoms with van der Waals surface area (Å²) < 4.78 is 18.4. The summed E-state index contributed by atoms with van der Waals surface area (Å²) in [4.78, 5) is 0. The number of aromatic nitrogens is 3. The zero-order valence-corrected chi connectivity index (χ0v) is 15.6. The molecular formula is C18H18ClN3O3S. The van der Waals surface area contributed by atoms with E-state index in [1.54, 1.807) is 18.0 Å². The lowest BCUT2D eigenvalue weighted by Crippen LogP contribution is -2.25. The van der Waals surface area contributed by atoms with Gasteiger partial charge < -0.3 is 13.9 Å². The van der Waals surface area contributed by atoms with Crippen LogP contribution >= 0.6 is 23.4 Å². The highest BCUT2D eigenvalue weighted by Crippen LogP contribution is 2.27. The summed E-state index contributed by atoms with van der Waals surface area (Å²) in [5.74, 6) is 2.44. The summed E-state index contributed by atoms with van der Waals surface area (Å²) >= 11 is 7.64. The Morgan fingerprint density at radius 3 is 2.81 bits per heavy atom. The number of benzene rings is 1. The van der Waals surface area contributed by atoms with E-state index in [0.29, 0.717) is 18.4 Å². The smallest absolute Gasteiger partial charge is 0.192 e. The molecule has 3 heterocycles. The molecule has 0 aliphatic carbocycles. The van der Waals surface area contributed by atoms with Crippen LogP contribution in [0.4, 0.5) is 0 Å². The fraction of sp³-hybridized carbons (Fsp3) is 0.333. The molecule has 4 rings (SSSR count). The van der Waals surface area contributed by atoms with Gasteiger partial charge in [-0.1, -0.05) is 23.4 Å². The van der Waals surface area contributed by atoms with Crippen molar-refractivity contribution < 1.29 is 13.9 Å². The van der Waals surface area contributed by atoms with Gasteiger partial charge in [0.05, 0.1) is 25.5 Å². The average Bonchev–Trinajstić information content (AvgIpc) is 3.32. The third-order valence-electron chi connectivity index (χ3n) is 4.08. The average molecular weight is 392 g/mol. The van der Waals surface area contributed by atoms with E-state index in [4.69, 9.17) is 25.5 Å². The topological polar surface area (TPSA) is 62.3 Å². The number of thioether (sulfide) groups is 1. The van der Waals surface area contributed by atoms with Gasteiger partial charge in [-0.2, -0.15) is 0 Å². The largest absolute Gasteiger partial charge is 0.467 e. The number of halogens is 1. The predicted molar refractivity (Wildman–Crippen MR) is 99.3 cm³/mol. The molecule has 0 unspecified atom stereocenters. The van der Waals surface area contributed by atoms with Crippen LogP contribution in [0.3, 0.4) is 0 Å². The molecule has 0 radical (unpaired) electrons. The van der Waals surface area contributed by atoms with Gasteiger partial charge in [-0.3, -0.25) is 4.57 Å². The molecule has 0 amide bonds. The van der Waals surface area contributed by atoms with Crippen molar-refractivity contribution >= 4 is 23.4 Å². The number of hydrogen-bond acceptors (Lipinski definition) is 6. The van der Waals surface area contributed by atoms with Crippen molar-refractivity contribution in [2.24, 2.45) is 0 Å². The molecule has 6 nitrogen and oxygen atoms in total. The summed E-state index contributed by atoms with van der Waals surface area (Å²) in [6.45, 7) is 1.66. The molecule has 26 heavy (non-hydrogen) atoms. The Bertz CT molecular complexity index is 830. The molecule has 0 saturated carbocycles. The van der Waals surface area contributed by atoms with Gasteiger partial charge >= 0.3 is 0 Å². The van der Waals surface area contributed by atoms with Crippen molar-refractivity contribution in [1.29, 1.82) is 0 Å². The second kappa shape index (κ2) is 8.26. The summed E-state index contributed by atoms with van der Waals surface area (Å²) in [5, 5.41) is 10.3. The molecule has 1 saturated heterocycles. The Kier molecular flexibility index (Phi) is 5.59. The van der Waals surface area contributed by atoms with Crippen LogP contribution in [-0.4, -0.2) is 40.0 Å². The van der Waals surface area contributed by atoms with Gasteiger partial charge in [0.2, 0.25) is 0 Å². The highest BCUT2D eigenvalue weighted by molar-refractivity contribution is 7.99. The second-order valence-corrected chi connectivity index (χ2v) is 7.32. The summed E-state index contributed by atoms with van der Waals surface area (Å²) in [7, 11) is 0. The Morgan fingerprint density at radius 2 is 2.08 bits per heavy atom. The van der Waals surface area contributed by atoms with E-state index in [0.717, 1.165) is 41.1 Å². The number of rotatable bonds is 6. The van der Waals surface area contributed by atoms with Crippen LogP contribution in [0.25, 0.3) is 11.4 Å². The van der Waals surface area contributed by atoms with Crippen molar-refractivity contribution in [3.8, 4) is 11.4 Å². The Hall–Kier alpha value is -1.80. The third-order valence-corrected chi connectivity index (χ3v) is 5.43. The van der Waals surface area contributed by atoms with Gasteiger partial charge in [-0.05, 0) is 42.8 Å². The van der Waals surface area contributed by atoms with Crippen LogP contribution in [0.1, 0.15) is 12.2 Å². The maximum atomic E-state index is 6.01. The summed E-state index contributed by atoms with van der Waals surface area (Å²) in [6.07, 6.45) is 2.73. The van der Waals surface area contributed by atoms with E-state index in [-0.39, 0.29) is 6.10 Å². The molecule has 0 spiro atoms. The Morgan fingerprint density at radius 1 is 1.19 bits per heavy atom. The first kappa shape index (κ1) is 17.6. The van der Waals surface area contributed by atoms with Gasteiger partial charge in [-0.25, -0.2) is 0 Å².